The fourth-order valence-corrected chi connectivity index (χ4v) is 1.92. The number of benzene rings is 2. The molecule has 0 saturated carbocycles. The van der Waals surface area contributed by atoms with Crippen LogP contribution in [-0.4, -0.2) is 6.21 Å². The summed E-state index contributed by atoms with van der Waals surface area (Å²) in [4.78, 5) is 4.30. The summed E-state index contributed by atoms with van der Waals surface area (Å²) in [7, 11) is 0. The molecule has 0 spiro atoms. The van der Waals surface area contributed by atoms with E-state index in [4.69, 9.17) is 23.2 Å². The minimum atomic E-state index is -0.313. The maximum Gasteiger partial charge on any atom is 0.123 e. The first kappa shape index (κ1) is 14.8. The van der Waals surface area contributed by atoms with Crippen molar-refractivity contribution in [2.24, 2.45) is 4.99 Å². The lowest BCUT2D eigenvalue weighted by Gasteiger charge is -2.02. The largest absolute Gasteiger partial charge is 0.256 e. The molecule has 0 bridgehead atoms. The maximum absolute atomic E-state index is 13.3. The van der Waals surface area contributed by atoms with Crippen LogP contribution in [0.2, 0.25) is 5.02 Å². The molecule has 0 aliphatic carbocycles. The van der Waals surface area contributed by atoms with Crippen LogP contribution in [0.25, 0.3) is 6.08 Å². The van der Waals surface area contributed by atoms with Crippen molar-refractivity contribution in [1.82, 2.24) is 0 Å². The average Bonchev–Trinajstić information content (AvgIpc) is 2.40. The minimum Gasteiger partial charge on any atom is -0.256 e. The highest BCUT2D eigenvalue weighted by molar-refractivity contribution is 6.31. The average molecular weight is 308 g/mol. The van der Waals surface area contributed by atoms with Gasteiger partial charge in [-0.25, -0.2) is 4.39 Å². The third-order valence-corrected chi connectivity index (χ3v) is 2.94. The Bertz CT molecular complexity index is 657. The van der Waals surface area contributed by atoms with Crippen molar-refractivity contribution in [1.29, 1.82) is 0 Å². The van der Waals surface area contributed by atoms with Crippen LogP contribution < -0.4 is 0 Å². The van der Waals surface area contributed by atoms with Crippen molar-refractivity contribution >= 4 is 41.2 Å². The second-order valence-electron chi connectivity index (χ2n) is 4.24. The number of halogens is 3. The summed E-state index contributed by atoms with van der Waals surface area (Å²) in [6, 6.07) is 11.6. The first-order chi connectivity index (χ1) is 9.54. The van der Waals surface area contributed by atoms with Crippen molar-refractivity contribution in [3.8, 4) is 0 Å². The normalized spacial score (nSPS) is 12.1. The van der Waals surface area contributed by atoms with E-state index in [-0.39, 0.29) is 5.82 Å². The predicted octanol–water partition coefficient (Wildman–Crippen LogP) is 5.83. The maximum atomic E-state index is 13.3. The van der Waals surface area contributed by atoms with Crippen molar-refractivity contribution in [3.63, 3.8) is 0 Å². The second kappa shape index (κ2) is 6.69. The van der Waals surface area contributed by atoms with Crippen LogP contribution >= 0.6 is 23.2 Å². The summed E-state index contributed by atoms with van der Waals surface area (Å²) in [6.07, 6.45) is 3.38. The zero-order chi connectivity index (χ0) is 14.5. The molecule has 2 rings (SSSR count). The quantitative estimate of drug-likeness (QED) is 0.633. The molecule has 0 aromatic heterocycles. The lowest BCUT2D eigenvalue weighted by molar-refractivity contribution is 0.627. The Morgan fingerprint density at radius 2 is 1.80 bits per heavy atom. The van der Waals surface area contributed by atoms with E-state index < -0.39 is 0 Å². The van der Waals surface area contributed by atoms with E-state index in [1.807, 2.05) is 0 Å². The fraction of sp³-hybridized carbons (Fsp3) is 0.0625. The molecular weight excluding hydrogens is 296 g/mol. The first-order valence-electron chi connectivity index (χ1n) is 5.97. The van der Waals surface area contributed by atoms with Crippen LogP contribution in [0, 0.1) is 5.82 Å². The molecule has 0 fully saturated rings. The van der Waals surface area contributed by atoms with Crippen LogP contribution in [-0.2, 0) is 0 Å². The highest BCUT2D eigenvalue weighted by Crippen LogP contribution is 2.18. The lowest BCUT2D eigenvalue weighted by Crippen LogP contribution is -1.89. The second-order valence-corrected chi connectivity index (χ2v) is 5.27. The Balaban J connectivity index is 2.34. The van der Waals surface area contributed by atoms with Gasteiger partial charge in [-0.1, -0.05) is 29.3 Å². The molecule has 0 radical (unpaired) electrons. The third kappa shape index (κ3) is 4.19. The fourth-order valence-electron chi connectivity index (χ4n) is 1.67. The van der Waals surface area contributed by atoms with E-state index >= 15 is 0 Å². The Hall–Kier alpha value is -1.64. The monoisotopic (exact) mass is 307 g/mol. The molecule has 0 aliphatic rings. The van der Waals surface area contributed by atoms with Crippen LogP contribution in [0.4, 0.5) is 10.1 Å². The molecule has 2 aromatic carbocycles. The SMILES string of the molecule is C/C(Cl)=C/c1ccc(F)cc1/C=N/c1ccc(Cl)cc1. The summed E-state index contributed by atoms with van der Waals surface area (Å²) in [5, 5.41) is 1.27. The summed E-state index contributed by atoms with van der Waals surface area (Å²) < 4.78 is 13.3. The standard InChI is InChI=1S/C16H12Cl2FN/c1-11(17)8-12-2-5-15(19)9-13(12)10-20-16-6-3-14(18)4-7-16/h2-10H,1H3/b11-8-,20-10+. The van der Waals surface area contributed by atoms with Gasteiger partial charge in [-0.2, -0.15) is 0 Å². The van der Waals surface area contributed by atoms with Crippen LogP contribution in [0.3, 0.4) is 0 Å². The Labute approximate surface area is 127 Å². The highest BCUT2D eigenvalue weighted by Gasteiger charge is 2.00. The van der Waals surface area contributed by atoms with Crippen LogP contribution in [0.15, 0.2) is 52.5 Å². The zero-order valence-electron chi connectivity index (χ0n) is 10.8. The Morgan fingerprint density at radius 1 is 1.10 bits per heavy atom. The van der Waals surface area contributed by atoms with E-state index in [0.29, 0.717) is 15.6 Å². The van der Waals surface area contributed by atoms with Gasteiger partial charge in [0, 0.05) is 21.8 Å². The topological polar surface area (TPSA) is 12.4 Å². The third-order valence-electron chi connectivity index (χ3n) is 2.58. The van der Waals surface area contributed by atoms with Crippen LogP contribution in [0.1, 0.15) is 18.1 Å². The van der Waals surface area contributed by atoms with Crippen molar-refractivity contribution in [3.05, 3.63) is 69.5 Å². The molecular formula is C16H12Cl2FN. The van der Waals surface area contributed by atoms with E-state index in [2.05, 4.69) is 4.99 Å². The molecule has 0 N–H and O–H groups in total. The summed E-state index contributed by atoms with van der Waals surface area (Å²) in [6.45, 7) is 1.77. The molecule has 0 amide bonds. The summed E-state index contributed by atoms with van der Waals surface area (Å²) >= 11 is 11.7. The van der Waals surface area contributed by atoms with E-state index in [0.717, 1.165) is 11.3 Å². The predicted molar refractivity (Wildman–Crippen MR) is 84.6 cm³/mol. The van der Waals surface area contributed by atoms with Gasteiger partial charge in [-0.15, -0.1) is 0 Å². The minimum absolute atomic E-state index is 0.313. The van der Waals surface area contributed by atoms with E-state index in [9.17, 15) is 4.39 Å². The van der Waals surface area contributed by atoms with Gasteiger partial charge in [0.1, 0.15) is 5.82 Å². The lowest BCUT2D eigenvalue weighted by atomic mass is 10.1. The molecule has 20 heavy (non-hydrogen) atoms. The molecule has 0 atom stereocenters. The smallest absolute Gasteiger partial charge is 0.123 e. The number of rotatable bonds is 3. The van der Waals surface area contributed by atoms with E-state index in [1.54, 1.807) is 49.5 Å². The molecule has 0 aliphatic heterocycles. The number of aliphatic imine (C=N–C) groups is 1. The molecule has 1 nitrogen and oxygen atoms in total. The molecule has 4 heteroatoms. The molecule has 0 unspecified atom stereocenters. The van der Waals surface area contributed by atoms with Crippen molar-refractivity contribution in [2.45, 2.75) is 6.92 Å². The number of nitrogens with zero attached hydrogens (tertiary/aromatic N) is 1. The summed E-state index contributed by atoms with van der Waals surface area (Å²) in [5.74, 6) is -0.313. The van der Waals surface area contributed by atoms with Crippen LogP contribution in [0.5, 0.6) is 0 Å². The highest BCUT2D eigenvalue weighted by atomic mass is 35.5. The molecule has 2 aromatic rings. The Morgan fingerprint density at radius 3 is 2.45 bits per heavy atom. The van der Waals surface area contributed by atoms with Gasteiger partial charge in [0.25, 0.3) is 0 Å². The number of allylic oxidation sites excluding steroid dienone is 1. The van der Waals surface area contributed by atoms with Gasteiger partial charge in [-0.3, -0.25) is 4.99 Å². The van der Waals surface area contributed by atoms with Crippen molar-refractivity contribution in [2.75, 3.05) is 0 Å². The van der Waals surface area contributed by atoms with Gasteiger partial charge in [0.2, 0.25) is 0 Å². The van der Waals surface area contributed by atoms with Crippen molar-refractivity contribution < 1.29 is 4.39 Å². The number of hydrogen-bond acceptors (Lipinski definition) is 1. The van der Waals surface area contributed by atoms with Gasteiger partial charge in [-0.05, 0) is 55.0 Å². The first-order valence-corrected chi connectivity index (χ1v) is 6.73. The molecule has 102 valence electrons. The van der Waals surface area contributed by atoms with E-state index in [1.165, 1.54) is 12.1 Å². The summed E-state index contributed by atoms with van der Waals surface area (Å²) in [5.41, 5.74) is 2.23. The molecule has 0 saturated heterocycles. The zero-order valence-corrected chi connectivity index (χ0v) is 12.3. The molecule has 0 heterocycles. The number of hydrogen-bond donors (Lipinski definition) is 0. The van der Waals surface area contributed by atoms with Gasteiger partial charge >= 0.3 is 0 Å². The van der Waals surface area contributed by atoms with Gasteiger partial charge in [0.15, 0.2) is 0 Å². The Kier molecular flexibility index (Phi) is 4.94. The van der Waals surface area contributed by atoms with Gasteiger partial charge in [0.05, 0.1) is 5.69 Å². The van der Waals surface area contributed by atoms with Gasteiger partial charge < -0.3 is 0 Å².